The number of carbonyl (C=O) groups is 1. The zero-order valence-electron chi connectivity index (χ0n) is 9.42. The summed E-state index contributed by atoms with van der Waals surface area (Å²) >= 11 is 5.89. The van der Waals surface area contributed by atoms with E-state index >= 15 is 0 Å². The Labute approximate surface area is 108 Å². The molecule has 18 heavy (non-hydrogen) atoms. The van der Waals surface area contributed by atoms with Crippen LogP contribution in [0.2, 0.25) is 5.02 Å². The zero-order valence-corrected chi connectivity index (χ0v) is 10.2. The summed E-state index contributed by atoms with van der Waals surface area (Å²) < 4.78 is 5.42. The van der Waals surface area contributed by atoms with E-state index in [0.717, 1.165) is 5.56 Å². The van der Waals surface area contributed by atoms with Gasteiger partial charge in [-0.05, 0) is 30.7 Å². The maximum absolute atomic E-state index is 11.0. The maximum atomic E-state index is 11.0. The van der Waals surface area contributed by atoms with E-state index in [9.17, 15) is 4.79 Å². The number of carboxylic acid groups (broad SMARTS) is 1. The molecule has 2 rings (SSSR count). The molecular weight excluding hydrogens is 256 g/mol. The number of carboxylic acids is 1. The van der Waals surface area contributed by atoms with Gasteiger partial charge >= 0.3 is 5.97 Å². The van der Waals surface area contributed by atoms with Crippen molar-refractivity contribution in [1.82, 2.24) is 9.97 Å². The van der Waals surface area contributed by atoms with Crippen LogP contribution in [0.4, 0.5) is 0 Å². The minimum Gasteiger partial charge on any atom is -0.477 e. The number of aromatic carboxylic acids is 1. The highest BCUT2D eigenvalue weighted by Gasteiger charge is 2.13. The smallest absolute Gasteiger partial charge is 0.342 e. The van der Waals surface area contributed by atoms with Crippen LogP contribution in [0.3, 0.4) is 0 Å². The lowest BCUT2D eigenvalue weighted by Gasteiger charge is -2.07. The van der Waals surface area contributed by atoms with E-state index in [-0.39, 0.29) is 11.4 Å². The molecule has 1 aromatic carbocycles. The monoisotopic (exact) mass is 264 g/mol. The van der Waals surface area contributed by atoms with Gasteiger partial charge in [-0.15, -0.1) is 0 Å². The van der Waals surface area contributed by atoms with Gasteiger partial charge in [0.15, 0.2) is 0 Å². The van der Waals surface area contributed by atoms with E-state index in [1.165, 1.54) is 12.5 Å². The Balaban J connectivity index is 2.34. The molecule has 1 heterocycles. The molecule has 0 spiro atoms. The Morgan fingerprint density at radius 3 is 2.89 bits per heavy atom. The minimum atomic E-state index is -1.14. The minimum absolute atomic E-state index is 0.000720. The highest BCUT2D eigenvalue weighted by molar-refractivity contribution is 6.31. The predicted molar refractivity (Wildman–Crippen MR) is 65.3 cm³/mol. The third-order valence-electron chi connectivity index (χ3n) is 2.25. The number of hydrogen-bond donors (Lipinski definition) is 1. The fraction of sp³-hybridized carbons (Fsp3) is 0.0833. The number of halogens is 1. The summed E-state index contributed by atoms with van der Waals surface area (Å²) in [6, 6.07) is 5.02. The SMILES string of the molecule is Cc1cc(Oc2ncncc2C(=O)O)ccc1Cl. The number of hydrogen-bond acceptors (Lipinski definition) is 4. The van der Waals surface area contributed by atoms with E-state index in [1.807, 2.05) is 6.92 Å². The molecule has 0 aliphatic rings. The van der Waals surface area contributed by atoms with Crippen molar-refractivity contribution in [1.29, 1.82) is 0 Å². The van der Waals surface area contributed by atoms with E-state index < -0.39 is 5.97 Å². The zero-order chi connectivity index (χ0) is 13.1. The van der Waals surface area contributed by atoms with Gasteiger partial charge in [-0.25, -0.2) is 14.8 Å². The normalized spacial score (nSPS) is 10.1. The molecule has 0 amide bonds. The van der Waals surface area contributed by atoms with Crippen molar-refractivity contribution in [2.45, 2.75) is 6.92 Å². The fourth-order valence-electron chi connectivity index (χ4n) is 1.34. The van der Waals surface area contributed by atoms with Crippen LogP contribution in [0.5, 0.6) is 11.6 Å². The molecule has 0 unspecified atom stereocenters. The molecule has 1 aromatic heterocycles. The van der Waals surface area contributed by atoms with Crippen LogP contribution in [0.25, 0.3) is 0 Å². The largest absolute Gasteiger partial charge is 0.477 e. The molecule has 0 saturated heterocycles. The second-order valence-corrected chi connectivity index (χ2v) is 3.97. The first-order chi connectivity index (χ1) is 8.58. The molecule has 2 aromatic rings. The second kappa shape index (κ2) is 5.01. The molecule has 0 aliphatic carbocycles. The summed E-state index contributed by atoms with van der Waals surface area (Å²) in [6.07, 6.45) is 2.41. The van der Waals surface area contributed by atoms with Crippen LogP contribution in [0, 0.1) is 6.92 Å². The van der Waals surface area contributed by atoms with Gasteiger partial charge in [0.05, 0.1) is 0 Å². The topological polar surface area (TPSA) is 72.3 Å². The third kappa shape index (κ3) is 2.57. The Morgan fingerprint density at radius 2 is 2.22 bits per heavy atom. The van der Waals surface area contributed by atoms with Crippen LogP contribution in [0.1, 0.15) is 15.9 Å². The second-order valence-electron chi connectivity index (χ2n) is 3.56. The van der Waals surface area contributed by atoms with Crippen molar-refractivity contribution >= 4 is 17.6 Å². The average Bonchev–Trinajstić information content (AvgIpc) is 2.34. The first-order valence-corrected chi connectivity index (χ1v) is 5.43. The molecule has 92 valence electrons. The molecule has 0 saturated carbocycles. The first kappa shape index (κ1) is 12.3. The van der Waals surface area contributed by atoms with Crippen molar-refractivity contribution < 1.29 is 14.6 Å². The van der Waals surface area contributed by atoms with Crippen molar-refractivity contribution in [3.8, 4) is 11.6 Å². The Kier molecular flexibility index (Phi) is 3.43. The molecule has 1 N–H and O–H groups in total. The summed E-state index contributed by atoms with van der Waals surface area (Å²) in [7, 11) is 0. The predicted octanol–water partition coefficient (Wildman–Crippen LogP) is 2.93. The quantitative estimate of drug-likeness (QED) is 0.923. The van der Waals surface area contributed by atoms with Gasteiger partial charge in [-0.3, -0.25) is 0 Å². The van der Waals surface area contributed by atoms with Crippen molar-refractivity contribution in [2.24, 2.45) is 0 Å². The van der Waals surface area contributed by atoms with Crippen LogP contribution in [-0.2, 0) is 0 Å². The third-order valence-corrected chi connectivity index (χ3v) is 2.67. The number of benzene rings is 1. The van der Waals surface area contributed by atoms with Gasteiger partial charge in [0.1, 0.15) is 17.6 Å². The van der Waals surface area contributed by atoms with Crippen LogP contribution < -0.4 is 4.74 Å². The van der Waals surface area contributed by atoms with E-state index in [0.29, 0.717) is 10.8 Å². The molecule has 0 atom stereocenters. The molecule has 5 nitrogen and oxygen atoms in total. The lowest BCUT2D eigenvalue weighted by molar-refractivity contribution is 0.0693. The van der Waals surface area contributed by atoms with E-state index in [1.54, 1.807) is 18.2 Å². The summed E-state index contributed by atoms with van der Waals surface area (Å²) in [5.41, 5.74) is 0.741. The summed E-state index contributed by atoms with van der Waals surface area (Å²) in [4.78, 5) is 18.4. The van der Waals surface area contributed by atoms with Gasteiger partial charge in [-0.2, -0.15) is 0 Å². The van der Waals surface area contributed by atoms with Crippen molar-refractivity contribution in [3.63, 3.8) is 0 Å². The number of nitrogens with zero attached hydrogens (tertiary/aromatic N) is 2. The van der Waals surface area contributed by atoms with Crippen LogP contribution in [0.15, 0.2) is 30.7 Å². The number of aromatic nitrogens is 2. The number of aryl methyl sites for hydroxylation is 1. The maximum Gasteiger partial charge on any atom is 0.342 e. The Morgan fingerprint density at radius 1 is 1.44 bits per heavy atom. The van der Waals surface area contributed by atoms with Gasteiger partial charge in [0, 0.05) is 11.2 Å². The van der Waals surface area contributed by atoms with Gasteiger partial charge in [0.2, 0.25) is 5.88 Å². The Bertz CT molecular complexity index is 602. The van der Waals surface area contributed by atoms with E-state index in [2.05, 4.69) is 9.97 Å². The molecule has 0 radical (unpaired) electrons. The van der Waals surface area contributed by atoms with Crippen LogP contribution in [-0.4, -0.2) is 21.0 Å². The van der Waals surface area contributed by atoms with Gasteiger partial charge in [-0.1, -0.05) is 11.6 Å². The number of rotatable bonds is 3. The standard InChI is InChI=1S/C12H9ClN2O3/c1-7-4-8(2-3-10(7)13)18-11-9(12(16)17)5-14-6-15-11/h2-6H,1H3,(H,16,17). The van der Waals surface area contributed by atoms with Gasteiger partial charge < -0.3 is 9.84 Å². The van der Waals surface area contributed by atoms with Crippen molar-refractivity contribution in [3.05, 3.63) is 46.9 Å². The highest BCUT2D eigenvalue weighted by atomic mass is 35.5. The molecule has 0 bridgehead atoms. The van der Waals surface area contributed by atoms with E-state index in [4.69, 9.17) is 21.4 Å². The Hall–Kier alpha value is -2.14. The van der Waals surface area contributed by atoms with Crippen molar-refractivity contribution in [2.75, 3.05) is 0 Å². The average molecular weight is 265 g/mol. The summed E-state index contributed by atoms with van der Waals surface area (Å²) in [5, 5.41) is 9.58. The molecule has 6 heteroatoms. The molecule has 0 fully saturated rings. The summed E-state index contributed by atoms with van der Waals surface area (Å²) in [5.74, 6) is -0.673. The molecule has 0 aliphatic heterocycles. The number of ether oxygens (including phenoxy) is 1. The van der Waals surface area contributed by atoms with Crippen LogP contribution >= 0.6 is 11.6 Å². The fourth-order valence-corrected chi connectivity index (χ4v) is 1.46. The van der Waals surface area contributed by atoms with Gasteiger partial charge in [0.25, 0.3) is 0 Å². The first-order valence-electron chi connectivity index (χ1n) is 5.05. The summed E-state index contributed by atoms with van der Waals surface area (Å²) in [6.45, 7) is 1.83. The highest BCUT2D eigenvalue weighted by Crippen LogP contribution is 2.26. The lowest BCUT2D eigenvalue weighted by Crippen LogP contribution is -2.02. The molecular formula is C12H9ClN2O3. The lowest BCUT2D eigenvalue weighted by atomic mass is 10.2.